The highest BCUT2D eigenvalue weighted by molar-refractivity contribution is 5.81. The number of aryl methyl sites for hydroxylation is 1. The van der Waals surface area contributed by atoms with Gasteiger partial charge in [0, 0.05) is 30.0 Å². The van der Waals surface area contributed by atoms with Gasteiger partial charge in [-0.25, -0.2) is 9.97 Å². The van der Waals surface area contributed by atoms with E-state index in [1.807, 2.05) is 42.5 Å². The lowest BCUT2D eigenvalue weighted by Gasteiger charge is -2.11. The Labute approximate surface area is 196 Å². The Balaban J connectivity index is 1.34. The number of fused-ring (bicyclic) bond motifs is 1. The first-order chi connectivity index (χ1) is 16.7. The average molecular weight is 451 g/mol. The summed E-state index contributed by atoms with van der Waals surface area (Å²) in [6.45, 7) is 2.09. The van der Waals surface area contributed by atoms with Gasteiger partial charge in [0.15, 0.2) is 11.6 Å². The van der Waals surface area contributed by atoms with Gasteiger partial charge < -0.3 is 14.8 Å². The number of nitrogens with zero attached hydrogens (tertiary/aromatic N) is 5. The number of hydrogen-bond donors (Lipinski definition) is 1. The molecular weight excluding hydrogens is 428 g/mol. The summed E-state index contributed by atoms with van der Waals surface area (Å²) in [4.78, 5) is 13.2. The number of methoxy groups -OCH3 is 1. The Morgan fingerprint density at radius 2 is 1.76 bits per heavy atom. The highest BCUT2D eigenvalue weighted by Gasteiger charge is 2.10. The largest absolute Gasteiger partial charge is 0.495 e. The summed E-state index contributed by atoms with van der Waals surface area (Å²) in [5.74, 6) is 2.35. The fourth-order valence-corrected chi connectivity index (χ4v) is 3.50. The van der Waals surface area contributed by atoms with E-state index in [1.165, 1.54) is 0 Å². The molecule has 34 heavy (non-hydrogen) atoms. The predicted molar refractivity (Wildman–Crippen MR) is 131 cm³/mol. The molecule has 0 aliphatic rings. The zero-order chi connectivity index (χ0) is 23.3. The van der Waals surface area contributed by atoms with E-state index in [0.717, 1.165) is 28.9 Å². The standard InChI is InChI=1S/C26H22N6O2/c1-3-17-13-21(18-7-5-4-6-8-18)31-32-26(17)30-19-9-10-24(28-15-19)34-23-11-12-27-22-14-20(33-2)16-29-25(22)23/h4-16H,3H2,1-2H3,(H,30,32). The predicted octanol–water partition coefficient (Wildman–Crippen LogP) is 5.59. The van der Waals surface area contributed by atoms with Crippen LogP contribution in [0.4, 0.5) is 11.5 Å². The molecule has 0 aliphatic carbocycles. The highest BCUT2D eigenvalue weighted by Crippen LogP contribution is 2.29. The van der Waals surface area contributed by atoms with Crippen molar-refractivity contribution in [2.45, 2.75) is 13.3 Å². The first-order valence-corrected chi connectivity index (χ1v) is 10.8. The Bertz CT molecular complexity index is 1430. The molecule has 0 aliphatic heterocycles. The number of hydrogen-bond acceptors (Lipinski definition) is 8. The van der Waals surface area contributed by atoms with Gasteiger partial charge in [-0.2, -0.15) is 0 Å². The number of nitrogens with one attached hydrogen (secondary N) is 1. The van der Waals surface area contributed by atoms with Crippen molar-refractivity contribution in [3.05, 3.63) is 84.8 Å². The second-order valence-electron chi connectivity index (χ2n) is 7.49. The van der Waals surface area contributed by atoms with Gasteiger partial charge in [0.25, 0.3) is 0 Å². The van der Waals surface area contributed by atoms with Crippen LogP contribution in [0.2, 0.25) is 0 Å². The molecule has 0 amide bonds. The van der Waals surface area contributed by atoms with Crippen molar-refractivity contribution in [3.8, 4) is 28.6 Å². The lowest BCUT2D eigenvalue weighted by Crippen LogP contribution is -2.02. The molecule has 0 saturated carbocycles. The van der Waals surface area contributed by atoms with Crippen LogP contribution in [0.15, 0.2) is 79.3 Å². The van der Waals surface area contributed by atoms with E-state index in [2.05, 4.69) is 43.5 Å². The zero-order valence-corrected chi connectivity index (χ0v) is 18.8. The van der Waals surface area contributed by atoms with Crippen molar-refractivity contribution in [3.63, 3.8) is 0 Å². The second-order valence-corrected chi connectivity index (χ2v) is 7.49. The molecule has 0 bridgehead atoms. The van der Waals surface area contributed by atoms with Crippen LogP contribution in [0.25, 0.3) is 22.3 Å². The maximum absolute atomic E-state index is 5.97. The minimum absolute atomic E-state index is 0.442. The molecule has 1 N–H and O–H groups in total. The maximum atomic E-state index is 5.97. The Hall–Kier alpha value is -4.59. The zero-order valence-electron chi connectivity index (χ0n) is 18.8. The van der Waals surface area contributed by atoms with Crippen LogP contribution < -0.4 is 14.8 Å². The minimum atomic E-state index is 0.442. The van der Waals surface area contributed by atoms with E-state index in [0.29, 0.717) is 34.2 Å². The Kier molecular flexibility index (Phi) is 5.94. The van der Waals surface area contributed by atoms with Crippen molar-refractivity contribution in [2.75, 3.05) is 12.4 Å². The topological polar surface area (TPSA) is 94.9 Å². The molecular formula is C26H22N6O2. The maximum Gasteiger partial charge on any atom is 0.219 e. The van der Waals surface area contributed by atoms with Crippen LogP contribution in [0, 0.1) is 0 Å². The molecule has 4 aromatic heterocycles. The van der Waals surface area contributed by atoms with Crippen molar-refractivity contribution < 1.29 is 9.47 Å². The van der Waals surface area contributed by atoms with Gasteiger partial charge in [0.2, 0.25) is 5.88 Å². The van der Waals surface area contributed by atoms with Crippen molar-refractivity contribution in [1.29, 1.82) is 0 Å². The summed E-state index contributed by atoms with van der Waals surface area (Å²) in [5, 5.41) is 12.1. The Morgan fingerprint density at radius 1 is 0.882 bits per heavy atom. The van der Waals surface area contributed by atoms with Crippen LogP contribution in [-0.2, 0) is 6.42 Å². The quantitative estimate of drug-likeness (QED) is 0.343. The molecule has 5 aromatic rings. The third-order valence-corrected chi connectivity index (χ3v) is 5.29. The molecule has 168 valence electrons. The third kappa shape index (κ3) is 4.47. The first-order valence-electron chi connectivity index (χ1n) is 10.8. The van der Waals surface area contributed by atoms with Gasteiger partial charge in [-0.1, -0.05) is 37.3 Å². The van der Waals surface area contributed by atoms with E-state index >= 15 is 0 Å². The summed E-state index contributed by atoms with van der Waals surface area (Å²) in [5.41, 5.74) is 5.05. The molecule has 8 heteroatoms. The van der Waals surface area contributed by atoms with Crippen LogP contribution in [0.1, 0.15) is 12.5 Å². The molecule has 1 aromatic carbocycles. The van der Waals surface area contributed by atoms with Gasteiger partial charge in [0.1, 0.15) is 11.3 Å². The second kappa shape index (κ2) is 9.50. The number of pyridine rings is 3. The Morgan fingerprint density at radius 3 is 2.53 bits per heavy atom. The summed E-state index contributed by atoms with van der Waals surface area (Å²) < 4.78 is 11.2. The van der Waals surface area contributed by atoms with E-state index in [1.54, 1.807) is 37.8 Å². The van der Waals surface area contributed by atoms with Gasteiger partial charge in [0.05, 0.1) is 36.4 Å². The number of benzene rings is 1. The SMILES string of the molecule is CCc1cc(-c2ccccc2)nnc1Nc1ccc(Oc2ccnc3cc(OC)cnc23)nc1. The lowest BCUT2D eigenvalue weighted by atomic mass is 10.1. The number of rotatable bonds is 7. The lowest BCUT2D eigenvalue weighted by molar-refractivity contribution is 0.413. The highest BCUT2D eigenvalue weighted by atomic mass is 16.5. The van der Waals surface area contributed by atoms with E-state index in [9.17, 15) is 0 Å². The average Bonchev–Trinajstić information content (AvgIpc) is 2.90. The summed E-state index contributed by atoms with van der Waals surface area (Å²) >= 11 is 0. The van der Waals surface area contributed by atoms with Crippen molar-refractivity contribution in [1.82, 2.24) is 25.1 Å². The monoisotopic (exact) mass is 450 g/mol. The first kappa shape index (κ1) is 21.3. The van der Waals surface area contributed by atoms with Crippen LogP contribution >= 0.6 is 0 Å². The number of aromatic nitrogens is 5. The van der Waals surface area contributed by atoms with Crippen LogP contribution in [0.3, 0.4) is 0 Å². The van der Waals surface area contributed by atoms with E-state index < -0.39 is 0 Å². The van der Waals surface area contributed by atoms with Gasteiger partial charge in [-0.05, 0) is 24.1 Å². The summed E-state index contributed by atoms with van der Waals surface area (Å²) in [7, 11) is 1.59. The molecule has 0 radical (unpaired) electrons. The molecule has 0 spiro atoms. The molecule has 8 nitrogen and oxygen atoms in total. The summed E-state index contributed by atoms with van der Waals surface area (Å²) in [6, 6.07) is 19.3. The molecule has 0 atom stereocenters. The molecule has 0 unspecified atom stereocenters. The van der Waals surface area contributed by atoms with Crippen molar-refractivity contribution in [2.24, 2.45) is 0 Å². The van der Waals surface area contributed by atoms with E-state index in [4.69, 9.17) is 9.47 Å². The van der Waals surface area contributed by atoms with Crippen LogP contribution in [0.5, 0.6) is 17.4 Å². The molecule has 0 fully saturated rings. The normalized spacial score (nSPS) is 10.8. The minimum Gasteiger partial charge on any atom is -0.495 e. The van der Waals surface area contributed by atoms with Crippen molar-refractivity contribution >= 4 is 22.5 Å². The smallest absolute Gasteiger partial charge is 0.219 e. The molecule has 4 heterocycles. The summed E-state index contributed by atoms with van der Waals surface area (Å²) in [6.07, 6.45) is 5.81. The van der Waals surface area contributed by atoms with Gasteiger partial charge in [-0.3, -0.25) is 4.98 Å². The van der Waals surface area contributed by atoms with E-state index in [-0.39, 0.29) is 0 Å². The fourth-order valence-electron chi connectivity index (χ4n) is 3.50. The van der Waals surface area contributed by atoms with Gasteiger partial charge in [-0.15, -0.1) is 10.2 Å². The third-order valence-electron chi connectivity index (χ3n) is 5.29. The molecule has 0 saturated heterocycles. The van der Waals surface area contributed by atoms with Gasteiger partial charge >= 0.3 is 0 Å². The van der Waals surface area contributed by atoms with Crippen LogP contribution in [-0.4, -0.2) is 32.3 Å². The fraction of sp³-hybridized carbons (Fsp3) is 0.115. The number of anilines is 2. The molecule has 5 rings (SSSR count). The number of ether oxygens (including phenoxy) is 2.